The molecule has 0 heterocycles. The quantitative estimate of drug-likeness (QED) is 0.0327. The molecule has 0 aromatic carbocycles. The summed E-state index contributed by atoms with van der Waals surface area (Å²) in [7, 11) is 0. The number of carbonyl (C=O) groups is 7. The van der Waals surface area contributed by atoms with Crippen LogP contribution < -0.4 is 0 Å². The van der Waals surface area contributed by atoms with Gasteiger partial charge < -0.3 is 23.7 Å². The van der Waals surface area contributed by atoms with E-state index in [2.05, 4.69) is 6.58 Å². The molecule has 0 radical (unpaired) electrons. The van der Waals surface area contributed by atoms with Gasteiger partial charge in [-0.1, -0.05) is 18.7 Å². The number of rotatable bonds is 27. The van der Waals surface area contributed by atoms with Crippen LogP contribution >= 0.6 is 0 Å². The summed E-state index contributed by atoms with van der Waals surface area (Å²) in [6, 6.07) is 0. The minimum atomic E-state index is -0.868. The Balaban J connectivity index is 5.36. The molecule has 0 spiro atoms. The lowest BCUT2D eigenvalue weighted by molar-refractivity contribution is -0.140. The van der Waals surface area contributed by atoms with Gasteiger partial charge in [0, 0.05) is 11.5 Å². The topological polar surface area (TPSA) is 166 Å². The average Bonchev–Trinajstić information content (AvgIpc) is 3.03. The SMILES string of the molecule is C=C(C)C(=O)OCCOCCOCCOCCOC(/C=C/C=O)=C/C(/C=C/C=O)C(=C/C=O)/C(=C/C=O)C(/C=C/C=O)=C/C=O. The summed E-state index contributed by atoms with van der Waals surface area (Å²) in [6.07, 6.45) is 15.1. The Labute approximate surface area is 262 Å². The largest absolute Gasteiger partial charge is 0.491 e. The normalized spacial score (nSPS) is 13.5. The third-order valence-corrected chi connectivity index (χ3v) is 5.19. The Morgan fingerprint density at radius 2 is 1.13 bits per heavy atom. The number of carbonyl (C=O) groups excluding carboxylic acids is 7. The minimum Gasteiger partial charge on any atom is -0.491 e. The van der Waals surface area contributed by atoms with Gasteiger partial charge in [-0.2, -0.15) is 0 Å². The standard InChI is InChI=1S/C33H38O12/c1-27(2)33(40)45-25-23-43-21-19-41-18-20-42-22-24-44-30(8-5-14-36)26-29(7-4-13-35)32(11-17-39)31(10-16-38)28(9-15-37)6-3-12-34/h3-17,26,29H,1,18-25H2,2H3/b6-3+,7-4+,8-5+,28-9+,30-26+,31-10+,32-11-. The van der Waals surface area contributed by atoms with Crippen molar-refractivity contribution < 1.29 is 57.2 Å². The lowest BCUT2D eigenvalue weighted by atomic mass is 9.86. The maximum absolute atomic E-state index is 11.6. The molecule has 0 amide bonds. The molecule has 0 aromatic heterocycles. The molecule has 242 valence electrons. The summed E-state index contributed by atoms with van der Waals surface area (Å²) in [6.45, 7) is 6.71. The predicted molar refractivity (Wildman–Crippen MR) is 164 cm³/mol. The lowest BCUT2D eigenvalue weighted by Crippen LogP contribution is -2.14. The number of esters is 1. The zero-order valence-electron chi connectivity index (χ0n) is 25.1. The first-order chi connectivity index (χ1) is 21.9. The van der Waals surface area contributed by atoms with Crippen LogP contribution in [0, 0.1) is 5.92 Å². The van der Waals surface area contributed by atoms with Gasteiger partial charge in [0.25, 0.3) is 0 Å². The van der Waals surface area contributed by atoms with E-state index >= 15 is 0 Å². The highest BCUT2D eigenvalue weighted by Gasteiger charge is 2.17. The van der Waals surface area contributed by atoms with E-state index in [1.807, 2.05) is 0 Å². The Morgan fingerprint density at radius 1 is 0.622 bits per heavy atom. The average molecular weight is 627 g/mol. The second-order valence-corrected chi connectivity index (χ2v) is 8.44. The maximum Gasteiger partial charge on any atom is 0.333 e. The van der Waals surface area contributed by atoms with Crippen molar-refractivity contribution in [3.8, 4) is 0 Å². The highest BCUT2D eigenvalue weighted by Crippen LogP contribution is 2.29. The van der Waals surface area contributed by atoms with Crippen molar-refractivity contribution in [1.82, 2.24) is 0 Å². The predicted octanol–water partition coefficient (Wildman–Crippen LogP) is 2.31. The van der Waals surface area contributed by atoms with E-state index in [0.29, 0.717) is 56.5 Å². The van der Waals surface area contributed by atoms with Crippen LogP contribution in [0.25, 0.3) is 0 Å². The smallest absolute Gasteiger partial charge is 0.333 e. The van der Waals surface area contributed by atoms with Crippen LogP contribution in [0.3, 0.4) is 0 Å². The number of aldehydes is 6. The maximum atomic E-state index is 11.6. The van der Waals surface area contributed by atoms with Crippen LogP contribution in [0.15, 0.2) is 95.4 Å². The van der Waals surface area contributed by atoms with E-state index in [-0.39, 0.29) is 62.1 Å². The molecule has 0 bridgehead atoms. The van der Waals surface area contributed by atoms with Gasteiger partial charge in [-0.25, -0.2) is 4.79 Å². The highest BCUT2D eigenvalue weighted by atomic mass is 16.6. The molecule has 12 nitrogen and oxygen atoms in total. The fourth-order valence-corrected chi connectivity index (χ4v) is 3.29. The summed E-state index contributed by atoms with van der Waals surface area (Å²) in [5, 5.41) is 0. The molecule has 1 atom stereocenters. The van der Waals surface area contributed by atoms with Gasteiger partial charge in [0.05, 0.1) is 39.6 Å². The van der Waals surface area contributed by atoms with Gasteiger partial charge in [-0.05, 0) is 72.3 Å². The monoisotopic (exact) mass is 626 g/mol. The minimum absolute atomic E-state index is 0.0489. The number of ether oxygens (including phenoxy) is 5. The van der Waals surface area contributed by atoms with Gasteiger partial charge in [0.2, 0.25) is 0 Å². The Morgan fingerprint density at radius 3 is 1.64 bits per heavy atom. The zero-order chi connectivity index (χ0) is 33.5. The van der Waals surface area contributed by atoms with Crippen molar-refractivity contribution in [3.63, 3.8) is 0 Å². The van der Waals surface area contributed by atoms with Gasteiger partial charge in [0.1, 0.15) is 56.7 Å². The number of hydrogen-bond acceptors (Lipinski definition) is 12. The fourth-order valence-electron chi connectivity index (χ4n) is 3.29. The van der Waals surface area contributed by atoms with Crippen LogP contribution in [-0.2, 0) is 57.2 Å². The van der Waals surface area contributed by atoms with Crippen molar-refractivity contribution in [3.05, 3.63) is 95.4 Å². The molecule has 45 heavy (non-hydrogen) atoms. The van der Waals surface area contributed by atoms with Gasteiger partial charge in [-0.15, -0.1) is 0 Å². The summed E-state index contributed by atoms with van der Waals surface area (Å²) >= 11 is 0. The molecular formula is C33H38O12. The third kappa shape index (κ3) is 19.8. The lowest BCUT2D eigenvalue weighted by Gasteiger charge is -2.19. The van der Waals surface area contributed by atoms with Crippen molar-refractivity contribution in [2.24, 2.45) is 5.92 Å². The zero-order valence-corrected chi connectivity index (χ0v) is 25.1. The second kappa shape index (κ2) is 27.9. The van der Waals surface area contributed by atoms with Crippen molar-refractivity contribution >= 4 is 43.7 Å². The summed E-state index contributed by atoms with van der Waals surface area (Å²) in [5.41, 5.74) is 0.766. The summed E-state index contributed by atoms with van der Waals surface area (Å²) in [4.78, 5) is 78.6. The third-order valence-electron chi connectivity index (χ3n) is 5.19. The van der Waals surface area contributed by atoms with Crippen molar-refractivity contribution in [1.29, 1.82) is 0 Å². The van der Waals surface area contributed by atoms with E-state index < -0.39 is 11.9 Å². The first kappa shape index (κ1) is 40.1. The molecule has 12 heteroatoms. The molecule has 1 unspecified atom stereocenters. The fraction of sp³-hybridized carbons (Fsp3) is 0.303. The van der Waals surface area contributed by atoms with Gasteiger partial charge in [0.15, 0.2) is 0 Å². The molecule has 0 saturated carbocycles. The van der Waals surface area contributed by atoms with Crippen LogP contribution in [-0.4, -0.2) is 96.5 Å². The Hall–Kier alpha value is -4.91. The van der Waals surface area contributed by atoms with E-state index in [1.165, 1.54) is 30.4 Å². The van der Waals surface area contributed by atoms with E-state index in [4.69, 9.17) is 23.7 Å². The first-order valence-corrected chi connectivity index (χ1v) is 13.6. The van der Waals surface area contributed by atoms with Crippen LogP contribution in [0.4, 0.5) is 0 Å². The van der Waals surface area contributed by atoms with E-state index in [1.54, 1.807) is 6.92 Å². The van der Waals surface area contributed by atoms with Gasteiger partial charge >= 0.3 is 5.97 Å². The van der Waals surface area contributed by atoms with Crippen molar-refractivity contribution in [2.45, 2.75) is 6.92 Å². The van der Waals surface area contributed by atoms with Crippen LogP contribution in [0.5, 0.6) is 0 Å². The molecule has 0 fully saturated rings. The molecule has 0 aliphatic heterocycles. The first-order valence-electron chi connectivity index (χ1n) is 13.6. The second-order valence-electron chi connectivity index (χ2n) is 8.44. The molecular weight excluding hydrogens is 588 g/mol. The molecule has 0 N–H and O–H groups in total. The van der Waals surface area contributed by atoms with Crippen molar-refractivity contribution in [2.75, 3.05) is 52.9 Å². The highest BCUT2D eigenvalue weighted by molar-refractivity contribution is 5.87. The molecule has 0 rings (SSSR count). The molecule has 0 aromatic rings. The molecule has 0 aliphatic carbocycles. The van der Waals surface area contributed by atoms with Crippen LogP contribution in [0.1, 0.15) is 6.92 Å². The molecule has 0 saturated heterocycles. The van der Waals surface area contributed by atoms with E-state index in [9.17, 15) is 33.6 Å². The summed E-state index contributed by atoms with van der Waals surface area (Å²) in [5.74, 6) is -1.18. The Kier molecular flexibility index (Phi) is 24.9. The number of hydrogen-bond donors (Lipinski definition) is 0. The Bertz CT molecular complexity index is 1200. The van der Waals surface area contributed by atoms with E-state index in [0.717, 1.165) is 30.4 Å². The summed E-state index contributed by atoms with van der Waals surface area (Å²) < 4.78 is 26.8. The van der Waals surface area contributed by atoms with Crippen LogP contribution in [0.2, 0.25) is 0 Å². The number of allylic oxidation sites excluding steroid dienone is 13. The molecule has 0 aliphatic rings. The van der Waals surface area contributed by atoms with Gasteiger partial charge in [-0.3, -0.25) is 28.8 Å².